The predicted octanol–water partition coefficient (Wildman–Crippen LogP) is 1.50. The highest BCUT2D eigenvalue weighted by Crippen LogP contribution is 2.32. The number of halogens is 2. The van der Waals surface area contributed by atoms with E-state index in [2.05, 4.69) is 0 Å². The minimum atomic E-state index is -5.10. The van der Waals surface area contributed by atoms with Crippen LogP contribution in [0.15, 0.2) is 17.0 Å². The molecule has 84 valence electrons. The topological polar surface area (TPSA) is 52.6 Å². The maximum atomic E-state index is 13.1. The van der Waals surface area contributed by atoms with Gasteiger partial charge in [-0.15, -0.1) is 3.89 Å². The molecule has 0 atom stereocenters. The van der Waals surface area contributed by atoms with Crippen molar-refractivity contribution in [3.8, 4) is 11.5 Å². The molecule has 0 fully saturated rings. The van der Waals surface area contributed by atoms with E-state index < -0.39 is 20.9 Å². The van der Waals surface area contributed by atoms with Crippen molar-refractivity contribution in [2.24, 2.45) is 0 Å². The Morgan fingerprint density at radius 1 is 1.13 bits per heavy atom. The second-order valence-electron chi connectivity index (χ2n) is 2.58. The maximum absolute atomic E-state index is 13.1. The zero-order valence-corrected chi connectivity index (χ0v) is 8.77. The first-order valence-corrected chi connectivity index (χ1v) is 5.14. The van der Waals surface area contributed by atoms with Gasteiger partial charge in [-0.1, -0.05) is 0 Å². The summed E-state index contributed by atoms with van der Waals surface area (Å²) in [5.41, 5.74) is 0. The number of methoxy groups -OCH3 is 2. The van der Waals surface area contributed by atoms with E-state index in [1.165, 1.54) is 14.2 Å². The molecule has 7 heteroatoms. The molecule has 1 aromatic rings. The van der Waals surface area contributed by atoms with Gasteiger partial charge in [-0.05, 0) is 0 Å². The molecule has 0 saturated carbocycles. The second kappa shape index (κ2) is 4.01. The van der Waals surface area contributed by atoms with Crippen molar-refractivity contribution < 1.29 is 26.2 Å². The van der Waals surface area contributed by atoms with E-state index in [-0.39, 0.29) is 11.5 Å². The van der Waals surface area contributed by atoms with E-state index in [1.807, 2.05) is 0 Å². The van der Waals surface area contributed by atoms with Gasteiger partial charge in [-0.3, -0.25) is 0 Å². The van der Waals surface area contributed by atoms with Crippen LogP contribution in [0.1, 0.15) is 0 Å². The van der Waals surface area contributed by atoms with Crippen LogP contribution in [-0.2, 0) is 10.2 Å². The van der Waals surface area contributed by atoms with Crippen LogP contribution in [0.4, 0.5) is 8.28 Å². The zero-order chi connectivity index (χ0) is 11.6. The summed E-state index contributed by atoms with van der Waals surface area (Å²) in [6, 6.07) is 1.47. The van der Waals surface area contributed by atoms with Crippen molar-refractivity contribution >= 4 is 10.2 Å². The number of rotatable bonds is 3. The van der Waals surface area contributed by atoms with Gasteiger partial charge in [0, 0.05) is 12.1 Å². The molecule has 0 heterocycles. The van der Waals surface area contributed by atoms with E-state index >= 15 is 0 Å². The van der Waals surface area contributed by atoms with Crippen molar-refractivity contribution in [2.45, 2.75) is 4.90 Å². The van der Waals surface area contributed by atoms with Crippen LogP contribution in [-0.4, -0.2) is 22.6 Å². The van der Waals surface area contributed by atoms with E-state index in [9.17, 15) is 16.7 Å². The van der Waals surface area contributed by atoms with Gasteiger partial charge in [0.15, 0.2) is 11.5 Å². The first-order valence-electron chi connectivity index (χ1n) is 3.76. The Bertz CT molecular complexity index is 470. The molecule has 0 aliphatic carbocycles. The molecule has 1 aromatic carbocycles. The lowest BCUT2D eigenvalue weighted by molar-refractivity contribution is 0.350. The van der Waals surface area contributed by atoms with Crippen LogP contribution in [0.5, 0.6) is 11.5 Å². The molecule has 0 aliphatic rings. The molecule has 15 heavy (non-hydrogen) atoms. The minimum Gasteiger partial charge on any atom is -0.493 e. The highest BCUT2D eigenvalue weighted by atomic mass is 32.3. The third-order valence-corrected chi connectivity index (χ3v) is 2.54. The quantitative estimate of drug-likeness (QED) is 0.749. The van der Waals surface area contributed by atoms with E-state index in [1.54, 1.807) is 0 Å². The number of ether oxygens (including phenoxy) is 2. The smallest absolute Gasteiger partial charge is 0.335 e. The Kier molecular flexibility index (Phi) is 3.13. The summed E-state index contributed by atoms with van der Waals surface area (Å²) in [7, 11) is -2.62. The summed E-state index contributed by atoms with van der Waals surface area (Å²) >= 11 is 0. The molecule has 0 aromatic heterocycles. The van der Waals surface area contributed by atoms with Gasteiger partial charge in [0.2, 0.25) is 0 Å². The Labute approximate surface area is 85.6 Å². The van der Waals surface area contributed by atoms with Gasteiger partial charge >= 0.3 is 10.2 Å². The third-order valence-electron chi connectivity index (χ3n) is 1.70. The lowest BCUT2D eigenvalue weighted by atomic mass is 10.3. The predicted molar refractivity (Wildman–Crippen MR) is 47.8 cm³/mol. The van der Waals surface area contributed by atoms with Crippen molar-refractivity contribution in [3.63, 3.8) is 0 Å². The molecule has 1 rings (SSSR count). The van der Waals surface area contributed by atoms with Gasteiger partial charge in [-0.25, -0.2) is 4.39 Å². The molecule has 0 bridgehead atoms. The van der Waals surface area contributed by atoms with Gasteiger partial charge in [0.25, 0.3) is 0 Å². The average Bonchev–Trinajstić information content (AvgIpc) is 2.15. The summed E-state index contributed by atoms with van der Waals surface area (Å²) < 4.78 is 56.1. The fourth-order valence-electron chi connectivity index (χ4n) is 1.02. The van der Waals surface area contributed by atoms with Crippen molar-refractivity contribution in [1.29, 1.82) is 0 Å². The number of hydrogen-bond donors (Lipinski definition) is 0. The van der Waals surface area contributed by atoms with Crippen molar-refractivity contribution in [2.75, 3.05) is 14.2 Å². The maximum Gasteiger partial charge on any atom is 0.335 e. The Morgan fingerprint density at radius 2 is 1.60 bits per heavy atom. The molecule has 0 aliphatic heterocycles. The summed E-state index contributed by atoms with van der Waals surface area (Å²) in [4.78, 5) is -1.07. The summed E-state index contributed by atoms with van der Waals surface area (Å²) in [6.45, 7) is 0. The van der Waals surface area contributed by atoms with Crippen molar-refractivity contribution in [3.05, 3.63) is 17.9 Å². The van der Waals surface area contributed by atoms with Crippen LogP contribution in [0, 0.1) is 5.82 Å². The molecule has 0 spiro atoms. The monoisotopic (exact) mass is 238 g/mol. The highest BCUT2D eigenvalue weighted by molar-refractivity contribution is 7.86. The van der Waals surface area contributed by atoms with Gasteiger partial charge in [-0.2, -0.15) is 8.42 Å². The third kappa shape index (κ3) is 2.35. The SMILES string of the molecule is COc1cc(F)c(S(=O)(=O)F)cc1OC. The fourth-order valence-corrected chi connectivity index (χ4v) is 1.56. The number of hydrogen-bond acceptors (Lipinski definition) is 4. The molecule has 0 unspecified atom stereocenters. The largest absolute Gasteiger partial charge is 0.493 e. The lowest BCUT2D eigenvalue weighted by Crippen LogP contribution is -1.99. The Balaban J connectivity index is 3.46. The molecule has 0 radical (unpaired) electrons. The molecule has 0 saturated heterocycles. The van der Waals surface area contributed by atoms with Crippen LogP contribution in [0.3, 0.4) is 0 Å². The summed E-state index contributed by atoms with van der Waals surface area (Å²) in [6.07, 6.45) is 0. The zero-order valence-electron chi connectivity index (χ0n) is 7.95. The number of benzene rings is 1. The molecule has 0 N–H and O–H groups in total. The fraction of sp³-hybridized carbons (Fsp3) is 0.250. The van der Waals surface area contributed by atoms with E-state index in [4.69, 9.17) is 9.47 Å². The van der Waals surface area contributed by atoms with Crippen LogP contribution >= 0.6 is 0 Å². The second-order valence-corrected chi connectivity index (χ2v) is 3.89. The van der Waals surface area contributed by atoms with E-state index in [0.29, 0.717) is 0 Å². The van der Waals surface area contributed by atoms with Gasteiger partial charge < -0.3 is 9.47 Å². The van der Waals surface area contributed by atoms with Crippen LogP contribution in [0.25, 0.3) is 0 Å². The first-order chi connectivity index (χ1) is 6.90. The molecule has 4 nitrogen and oxygen atoms in total. The van der Waals surface area contributed by atoms with Gasteiger partial charge in [0.1, 0.15) is 10.7 Å². The summed E-state index contributed by atoms with van der Waals surface area (Å²) in [5.74, 6) is -1.30. The molecular weight excluding hydrogens is 230 g/mol. The summed E-state index contributed by atoms with van der Waals surface area (Å²) in [5, 5.41) is 0. The first kappa shape index (κ1) is 11.7. The minimum absolute atomic E-state index is 0.0117. The standard InChI is InChI=1S/C8H8F2O4S/c1-13-6-3-5(9)8(15(10,11)12)4-7(6)14-2/h3-4H,1-2H3. The average molecular weight is 238 g/mol. The van der Waals surface area contributed by atoms with Crippen LogP contribution in [0.2, 0.25) is 0 Å². The van der Waals surface area contributed by atoms with Gasteiger partial charge in [0.05, 0.1) is 14.2 Å². The Morgan fingerprint density at radius 3 is 2.00 bits per heavy atom. The normalized spacial score (nSPS) is 11.2. The van der Waals surface area contributed by atoms with E-state index in [0.717, 1.165) is 12.1 Å². The highest BCUT2D eigenvalue weighted by Gasteiger charge is 2.21. The Hall–Kier alpha value is -1.37. The molecular formula is C8H8F2O4S. The van der Waals surface area contributed by atoms with Crippen LogP contribution < -0.4 is 9.47 Å². The molecule has 0 amide bonds. The lowest BCUT2D eigenvalue weighted by Gasteiger charge is -2.08. The van der Waals surface area contributed by atoms with Crippen molar-refractivity contribution in [1.82, 2.24) is 0 Å².